The summed E-state index contributed by atoms with van der Waals surface area (Å²) < 4.78 is 10.2. The summed E-state index contributed by atoms with van der Waals surface area (Å²) in [6.07, 6.45) is -0.530. The molecule has 7 heteroatoms. The SMILES string of the molecule is COCCN1C(=O)c2ccccc2N[C@H]1c1cc(O)c(O)c(OC)c1. The molecule has 1 aliphatic heterocycles. The summed E-state index contributed by atoms with van der Waals surface area (Å²) in [6.45, 7) is 0.735. The van der Waals surface area contributed by atoms with Crippen LogP contribution in [0, 0.1) is 0 Å². The van der Waals surface area contributed by atoms with Crippen molar-refractivity contribution in [1.29, 1.82) is 0 Å². The van der Waals surface area contributed by atoms with Gasteiger partial charge in [-0.2, -0.15) is 0 Å². The van der Waals surface area contributed by atoms with Crippen molar-refractivity contribution >= 4 is 11.6 Å². The van der Waals surface area contributed by atoms with Crippen molar-refractivity contribution in [2.45, 2.75) is 6.17 Å². The summed E-state index contributed by atoms with van der Waals surface area (Å²) in [5.41, 5.74) is 1.87. The second-order valence-corrected chi connectivity index (χ2v) is 5.67. The number of nitrogens with one attached hydrogen (secondary N) is 1. The first-order valence-electron chi connectivity index (χ1n) is 7.82. The molecule has 3 N–H and O–H groups in total. The van der Waals surface area contributed by atoms with Gasteiger partial charge in [0, 0.05) is 24.9 Å². The number of anilines is 1. The lowest BCUT2D eigenvalue weighted by Crippen LogP contribution is -2.44. The first-order valence-corrected chi connectivity index (χ1v) is 7.82. The summed E-state index contributed by atoms with van der Waals surface area (Å²) in [5, 5.41) is 23.1. The third-order valence-electron chi connectivity index (χ3n) is 4.17. The largest absolute Gasteiger partial charge is 0.504 e. The van der Waals surface area contributed by atoms with Crippen molar-refractivity contribution in [3.8, 4) is 17.2 Å². The van der Waals surface area contributed by atoms with Gasteiger partial charge in [-0.05, 0) is 24.3 Å². The van der Waals surface area contributed by atoms with E-state index >= 15 is 0 Å². The molecule has 3 rings (SSSR count). The summed E-state index contributed by atoms with van der Waals surface area (Å²) in [6, 6.07) is 10.2. The number of aromatic hydroxyl groups is 2. The number of phenols is 2. The Hall–Kier alpha value is -2.93. The van der Waals surface area contributed by atoms with Gasteiger partial charge < -0.3 is 29.9 Å². The number of rotatable bonds is 5. The number of benzene rings is 2. The molecule has 1 heterocycles. The molecule has 7 nitrogen and oxygen atoms in total. The Labute approximate surface area is 145 Å². The number of carbonyl (C=O) groups excluding carboxylic acids is 1. The normalized spacial score (nSPS) is 16.3. The summed E-state index contributed by atoms with van der Waals surface area (Å²) >= 11 is 0. The molecular weight excluding hydrogens is 324 g/mol. The molecule has 2 aromatic rings. The van der Waals surface area contributed by atoms with Crippen molar-refractivity contribution in [3.63, 3.8) is 0 Å². The van der Waals surface area contributed by atoms with Crippen LogP contribution in [0.5, 0.6) is 17.2 Å². The Morgan fingerprint density at radius 3 is 2.68 bits per heavy atom. The van der Waals surface area contributed by atoms with E-state index in [0.29, 0.717) is 30.0 Å². The van der Waals surface area contributed by atoms with E-state index in [1.807, 2.05) is 18.2 Å². The van der Waals surface area contributed by atoms with Gasteiger partial charge in [0.05, 0.1) is 19.3 Å². The quantitative estimate of drug-likeness (QED) is 0.721. The third kappa shape index (κ3) is 3.06. The lowest BCUT2D eigenvalue weighted by atomic mass is 10.0. The number of ether oxygens (including phenoxy) is 2. The monoisotopic (exact) mass is 344 g/mol. The average molecular weight is 344 g/mol. The van der Waals surface area contributed by atoms with Crippen molar-refractivity contribution in [2.24, 2.45) is 0 Å². The zero-order chi connectivity index (χ0) is 18.0. The van der Waals surface area contributed by atoms with Gasteiger partial charge in [-0.15, -0.1) is 0 Å². The minimum atomic E-state index is -0.530. The van der Waals surface area contributed by atoms with E-state index in [2.05, 4.69) is 5.32 Å². The molecule has 0 saturated carbocycles. The molecule has 0 spiro atoms. The van der Waals surface area contributed by atoms with E-state index in [0.717, 1.165) is 0 Å². The van der Waals surface area contributed by atoms with Crippen LogP contribution in [0.3, 0.4) is 0 Å². The first kappa shape index (κ1) is 16.9. The van der Waals surface area contributed by atoms with E-state index < -0.39 is 6.17 Å². The number of methoxy groups -OCH3 is 2. The molecule has 0 aliphatic carbocycles. The van der Waals surface area contributed by atoms with Crippen LogP contribution >= 0.6 is 0 Å². The molecule has 0 saturated heterocycles. The van der Waals surface area contributed by atoms with Gasteiger partial charge >= 0.3 is 0 Å². The third-order valence-corrected chi connectivity index (χ3v) is 4.17. The molecule has 0 unspecified atom stereocenters. The lowest BCUT2D eigenvalue weighted by molar-refractivity contribution is 0.0609. The van der Waals surface area contributed by atoms with E-state index in [-0.39, 0.29) is 23.2 Å². The highest BCUT2D eigenvalue weighted by atomic mass is 16.5. The Balaban J connectivity index is 2.06. The number of carbonyl (C=O) groups is 1. The fourth-order valence-electron chi connectivity index (χ4n) is 2.90. The van der Waals surface area contributed by atoms with Gasteiger partial charge in [-0.1, -0.05) is 12.1 Å². The minimum Gasteiger partial charge on any atom is -0.504 e. The lowest BCUT2D eigenvalue weighted by Gasteiger charge is -2.38. The maximum Gasteiger partial charge on any atom is 0.257 e. The summed E-state index contributed by atoms with van der Waals surface area (Å²) in [5.74, 6) is -0.649. The van der Waals surface area contributed by atoms with Gasteiger partial charge in [-0.25, -0.2) is 0 Å². The Bertz CT molecular complexity index is 793. The van der Waals surface area contributed by atoms with E-state index in [1.54, 1.807) is 24.1 Å². The number of amides is 1. The van der Waals surface area contributed by atoms with E-state index in [1.165, 1.54) is 13.2 Å². The standard InChI is InChI=1S/C18H20N2O5/c1-24-8-7-20-17(11-9-14(21)16(22)15(10-11)25-2)19-13-6-4-3-5-12(13)18(20)23/h3-6,9-10,17,19,21-22H,7-8H2,1-2H3/t17-/m1/s1. The average Bonchev–Trinajstić information content (AvgIpc) is 2.63. The Kier molecular flexibility index (Phi) is 4.67. The maximum atomic E-state index is 12.9. The van der Waals surface area contributed by atoms with Crippen LogP contribution in [0.25, 0.3) is 0 Å². The number of fused-ring (bicyclic) bond motifs is 1. The zero-order valence-corrected chi connectivity index (χ0v) is 14.0. The topological polar surface area (TPSA) is 91.3 Å². The number of para-hydroxylation sites is 1. The van der Waals surface area contributed by atoms with Crippen LogP contribution < -0.4 is 10.1 Å². The molecule has 0 aromatic heterocycles. The number of nitrogens with zero attached hydrogens (tertiary/aromatic N) is 1. The molecule has 1 amide bonds. The predicted molar refractivity (Wildman–Crippen MR) is 92.0 cm³/mol. The zero-order valence-electron chi connectivity index (χ0n) is 14.0. The molecule has 25 heavy (non-hydrogen) atoms. The van der Waals surface area contributed by atoms with Crippen molar-refractivity contribution in [2.75, 3.05) is 32.7 Å². The Morgan fingerprint density at radius 2 is 1.96 bits per heavy atom. The minimum absolute atomic E-state index is 0.134. The molecule has 0 fully saturated rings. The predicted octanol–water partition coefficient (Wildman–Crippen LogP) is 2.32. The fourth-order valence-corrected chi connectivity index (χ4v) is 2.90. The highest BCUT2D eigenvalue weighted by Crippen LogP contribution is 2.41. The smallest absolute Gasteiger partial charge is 0.257 e. The summed E-state index contributed by atoms with van der Waals surface area (Å²) in [4.78, 5) is 14.5. The van der Waals surface area contributed by atoms with E-state index in [9.17, 15) is 15.0 Å². The highest BCUT2D eigenvalue weighted by Gasteiger charge is 2.33. The van der Waals surface area contributed by atoms with Crippen molar-refractivity contribution in [3.05, 3.63) is 47.5 Å². The van der Waals surface area contributed by atoms with Gasteiger partial charge in [-0.3, -0.25) is 4.79 Å². The van der Waals surface area contributed by atoms with Crippen LogP contribution in [0.2, 0.25) is 0 Å². The second kappa shape index (κ2) is 6.90. The van der Waals surface area contributed by atoms with Gasteiger partial charge in [0.15, 0.2) is 11.5 Å². The van der Waals surface area contributed by atoms with Crippen LogP contribution in [0.15, 0.2) is 36.4 Å². The molecule has 1 aliphatic rings. The van der Waals surface area contributed by atoms with Gasteiger partial charge in [0.2, 0.25) is 5.75 Å². The van der Waals surface area contributed by atoms with Gasteiger partial charge in [0.25, 0.3) is 5.91 Å². The van der Waals surface area contributed by atoms with Crippen LogP contribution in [-0.2, 0) is 4.74 Å². The maximum absolute atomic E-state index is 12.9. The second-order valence-electron chi connectivity index (χ2n) is 5.67. The molecule has 0 bridgehead atoms. The summed E-state index contributed by atoms with van der Waals surface area (Å²) in [7, 11) is 2.97. The fraction of sp³-hybridized carbons (Fsp3) is 0.278. The van der Waals surface area contributed by atoms with Crippen LogP contribution in [0.4, 0.5) is 5.69 Å². The van der Waals surface area contributed by atoms with Crippen molar-refractivity contribution in [1.82, 2.24) is 4.90 Å². The number of hydrogen-bond acceptors (Lipinski definition) is 6. The van der Waals surface area contributed by atoms with Gasteiger partial charge in [0.1, 0.15) is 6.17 Å². The van der Waals surface area contributed by atoms with E-state index in [4.69, 9.17) is 9.47 Å². The molecular formula is C18H20N2O5. The first-order chi connectivity index (χ1) is 12.1. The number of phenolic OH excluding ortho intramolecular Hbond substituents is 2. The molecule has 0 radical (unpaired) electrons. The van der Waals surface area contributed by atoms with Crippen LogP contribution in [-0.4, -0.2) is 48.4 Å². The number of hydrogen-bond donors (Lipinski definition) is 3. The molecule has 2 aromatic carbocycles. The van der Waals surface area contributed by atoms with Crippen LogP contribution in [0.1, 0.15) is 22.1 Å². The molecule has 132 valence electrons. The Morgan fingerprint density at radius 1 is 1.20 bits per heavy atom. The highest BCUT2D eigenvalue weighted by molar-refractivity contribution is 6.01. The molecule has 1 atom stereocenters. The van der Waals surface area contributed by atoms with Crippen molar-refractivity contribution < 1.29 is 24.5 Å².